The van der Waals surface area contributed by atoms with Crippen LogP contribution in [-0.2, 0) is 11.2 Å². The maximum absolute atomic E-state index is 6.13. The topological polar surface area (TPSA) is 109 Å². The van der Waals surface area contributed by atoms with Crippen molar-refractivity contribution in [3.05, 3.63) is 30.2 Å². The monoisotopic (exact) mass is 366 g/mol. The van der Waals surface area contributed by atoms with Crippen molar-refractivity contribution in [1.29, 1.82) is 0 Å². The first-order chi connectivity index (χ1) is 13.2. The molecule has 9 nitrogen and oxygen atoms in total. The minimum absolute atomic E-state index is 0.0258. The molecule has 5 rings (SSSR count). The number of pyridine rings is 1. The van der Waals surface area contributed by atoms with Gasteiger partial charge in [-0.25, -0.2) is 9.97 Å². The Kier molecular flexibility index (Phi) is 3.91. The van der Waals surface area contributed by atoms with Crippen LogP contribution in [0.25, 0.3) is 11.2 Å². The number of nitrogens with one attached hydrogen (secondary N) is 1. The molecule has 9 heteroatoms. The van der Waals surface area contributed by atoms with Gasteiger partial charge in [-0.3, -0.25) is 10.1 Å². The van der Waals surface area contributed by atoms with Crippen molar-refractivity contribution in [1.82, 2.24) is 25.1 Å². The first-order valence-electron chi connectivity index (χ1n) is 9.21. The van der Waals surface area contributed by atoms with Gasteiger partial charge < -0.3 is 20.3 Å². The summed E-state index contributed by atoms with van der Waals surface area (Å²) in [6.45, 7) is 2.06. The minimum Gasteiger partial charge on any atom is -0.378 e. The van der Waals surface area contributed by atoms with Crippen molar-refractivity contribution in [3.8, 4) is 0 Å². The van der Waals surface area contributed by atoms with Crippen molar-refractivity contribution in [3.63, 3.8) is 0 Å². The van der Waals surface area contributed by atoms with Crippen molar-refractivity contribution in [2.24, 2.45) is 5.73 Å². The van der Waals surface area contributed by atoms with E-state index in [2.05, 4.69) is 31.1 Å². The number of aromatic amines is 1. The highest BCUT2D eigenvalue weighted by molar-refractivity contribution is 5.87. The lowest BCUT2D eigenvalue weighted by atomic mass is 10.1. The van der Waals surface area contributed by atoms with Crippen molar-refractivity contribution >= 4 is 28.5 Å². The van der Waals surface area contributed by atoms with Gasteiger partial charge in [-0.05, 0) is 25.0 Å². The number of ether oxygens (including phenoxy) is 1. The molecule has 1 fully saturated rings. The molecule has 0 spiro atoms. The van der Waals surface area contributed by atoms with Crippen LogP contribution in [0.4, 0.5) is 17.3 Å². The number of aryl methyl sites for hydroxylation is 1. The van der Waals surface area contributed by atoms with E-state index >= 15 is 0 Å². The van der Waals surface area contributed by atoms with Crippen molar-refractivity contribution in [2.45, 2.75) is 24.9 Å². The Morgan fingerprint density at radius 2 is 2.26 bits per heavy atom. The fraction of sp³-hybridized carbons (Fsp3) is 0.444. The molecule has 140 valence electrons. The van der Waals surface area contributed by atoms with Gasteiger partial charge in [0.2, 0.25) is 0 Å². The molecule has 0 radical (unpaired) electrons. The Morgan fingerprint density at radius 1 is 1.33 bits per heavy atom. The van der Waals surface area contributed by atoms with Gasteiger partial charge in [-0.2, -0.15) is 5.10 Å². The summed E-state index contributed by atoms with van der Waals surface area (Å²) >= 11 is 0. The zero-order valence-corrected chi connectivity index (χ0v) is 15.2. The molecule has 0 aromatic carbocycles. The standard InChI is InChI=1S/C18H22N8O/c1-25(14-10-27-9-11(14)19)15-8-21-16-17(22-15)23-24-18(16)26-7-3-4-12-13(26)5-2-6-20-12/h2,5-6,8,11,14H,3-4,7,9-10,19H2,1H3,(H,22,23,24)/t11-,14+/m0/s1. The molecule has 5 heterocycles. The number of H-pyrrole nitrogens is 1. The first kappa shape index (κ1) is 16.4. The van der Waals surface area contributed by atoms with Gasteiger partial charge in [0.05, 0.1) is 42.9 Å². The maximum atomic E-state index is 6.13. The van der Waals surface area contributed by atoms with E-state index in [-0.39, 0.29) is 12.1 Å². The summed E-state index contributed by atoms with van der Waals surface area (Å²) in [5, 5.41) is 7.55. The van der Waals surface area contributed by atoms with Gasteiger partial charge in [-0.15, -0.1) is 0 Å². The maximum Gasteiger partial charge on any atom is 0.183 e. The third kappa shape index (κ3) is 2.70. The van der Waals surface area contributed by atoms with Gasteiger partial charge in [-0.1, -0.05) is 0 Å². The van der Waals surface area contributed by atoms with Gasteiger partial charge in [0.1, 0.15) is 5.82 Å². The number of aromatic nitrogens is 5. The molecule has 0 amide bonds. The number of anilines is 3. The molecule has 0 aliphatic carbocycles. The predicted octanol–water partition coefficient (Wildman–Crippen LogP) is 0.994. The van der Waals surface area contributed by atoms with E-state index in [1.54, 1.807) is 6.20 Å². The fourth-order valence-corrected chi connectivity index (χ4v) is 3.88. The average Bonchev–Trinajstić information content (AvgIpc) is 3.32. The van der Waals surface area contributed by atoms with E-state index in [0.29, 0.717) is 18.9 Å². The molecule has 1 saturated heterocycles. The van der Waals surface area contributed by atoms with Crippen LogP contribution >= 0.6 is 0 Å². The molecular formula is C18H22N8O. The molecule has 2 atom stereocenters. The quantitative estimate of drug-likeness (QED) is 0.706. The normalized spacial score (nSPS) is 22.2. The largest absolute Gasteiger partial charge is 0.378 e. The Labute approximate surface area is 156 Å². The smallest absolute Gasteiger partial charge is 0.183 e. The number of hydrogen-bond donors (Lipinski definition) is 2. The van der Waals surface area contributed by atoms with Gasteiger partial charge in [0, 0.05) is 19.8 Å². The highest BCUT2D eigenvalue weighted by Gasteiger charge is 2.30. The molecule has 3 aromatic rings. The first-order valence-corrected chi connectivity index (χ1v) is 9.21. The SMILES string of the molecule is CN(c1cnc2c(N3CCCc4ncccc43)n[nH]c2n1)[C@@H]1COC[C@@H]1N. The summed E-state index contributed by atoms with van der Waals surface area (Å²) in [5.41, 5.74) is 9.74. The summed E-state index contributed by atoms with van der Waals surface area (Å²) in [6.07, 6.45) is 5.64. The molecule has 27 heavy (non-hydrogen) atoms. The Bertz CT molecular complexity index is 973. The number of hydrogen-bond acceptors (Lipinski definition) is 8. The van der Waals surface area contributed by atoms with Crippen LogP contribution in [0.3, 0.4) is 0 Å². The zero-order valence-electron chi connectivity index (χ0n) is 15.2. The van der Waals surface area contributed by atoms with E-state index in [4.69, 9.17) is 15.5 Å². The third-order valence-corrected chi connectivity index (χ3v) is 5.40. The Balaban J connectivity index is 1.50. The lowest BCUT2D eigenvalue weighted by Crippen LogP contribution is -2.45. The lowest BCUT2D eigenvalue weighted by molar-refractivity contribution is 0.190. The molecule has 3 N–H and O–H groups in total. The van der Waals surface area contributed by atoms with Crippen LogP contribution in [0.2, 0.25) is 0 Å². The highest BCUT2D eigenvalue weighted by atomic mass is 16.5. The molecule has 0 bridgehead atoms. The second-order valence-corrected chi connectivity index (χ2v) is 7.08. The number of rotatable bonds is 3. The third-order valence-electron chi connectivity index (χ3n) is 5.40. The molecule has 0 unspecified atom stereocenters. The van der Waals surface area contributed by atoms with Gasteiger partial charge in [0.25, 0.3) is 0 Å². The molecule has 2 aliphatic heterocycles. The van der Waals surface area contributed by atoms with Gasteiger partial charge >= 0.3 is 0 Å². The number of likely N-dealkylation sites (N-methyl/N-ethyl adjacent to an activating group) is 1. The van der Waals surface area contributed by atoms with Crippen molar-refractivity contribution < 1.29 is 4.74 Å². The Hall–Kier alpha value is -2.78. The number of nitrogens with two attached hydrogens (primary N) is 1. The summed E-state index contributed by atoms with van der Waals surface area (Å²) in [6, 6.07) is 4.11. The van der Waals surface area contributed by atoms with Gasteiger partial charge in [0.15, 0.2) is 17.0 Å². The summed E-state index contributed by atoms with van der Waals surface area (Å²) in [5.74, 6) is 1.55. The van der Waals surface area contributed by atoms with Crippen LogP contribution in [0.1, 0.15) is 12.1 Å². The lowest BCUT2D eigenvalue weighted by Gasteiger charge is -2.28. The van der Waals surface area contributed by atoms with Crippen LogP contribution in [0.15, 0.2) is 24.5 Å². The van der Waals surface area contributed by atoms with Crippen LogP contribution in [0.5, 0.6) is 0 Å². The molecule has 2 aliphatic rings. The second-order valence-electron chi connectivity index (χ2n) is 7.08. The van der Waals surface area contributed by atoms with Crippen LogP contribution in [0, 0.1) is 0 Å². The molecule has 3 aromatic heterocycles. The average molecular weight is 366 g/mol. The summed E-state index contributed by atoms with van der Waals surface area (Å²) < 4.78 is 5.47. The zero-order chi connectivity index (χ0) is 18.4. The van der Waals surface area contributed by atoms with E-state index < -0.39 is 0 Å². The molecular weight excluding hydrogens is 344 g/mol. The van der Waals surface area contributed by atoms with E-state index in [9.17, 15) is 0 Å². The van der Waals surface area contributed by atoms with E-state index in [1.165, 1.54) is 0 Å². The van der Waals surface area contributed by atoms with E-state index in [1.807, 2.05) is 24.2 Å². The predicted molar refractivity (Wildman–Crippen MR) is 102 cm³/mol. The molecule has 0 saturated carbocycles. The van der Waals surface area contributed by atoms with E-state index in [0.717, 1.165) is 47.9 Å². The number of nitrogens with zero attached hydrogens (tertiary/aromatic N) is 6. The minimum atomic E-state index is -0.0258. The Morgan fingerprint density at radius 3 is 3.11 bits per heavy atom. The van der Waals surface area contributed by atoms with Crippen LogP contribution in [-0.4, -0.2) is 64.0 Å². The summed E-state index contributed by atoms with van der Waals surface area (Å²) in [7, 11) is 1.97. The number of fused-ring (bicyclic) bond motifs is 2. The highest BCUT2D eigenvalue weighted by Crippen LogP contribution is 2.34. The fourth-order valence-electron chi connectivity index (χ4n) is 3.88. The summed E-state index contributed by atoms with van der Waals surface area (Å²) in [4.78, 5) is 18.1. The second kappa shape index (κ2) is 6.43. The van der Waals surface area contributed by atoms with Crippen molar-refractivity contribution in [2.75, 3.05) is 36.6 Å². The van der Waals surface area contributed by atoms with Crippen LogP contribution < -0.4 is 15.5 Å².